The average Bonchev–Trinajstić information content (AvgIpc) is 2.69. The molecule has 1 aliphatic rings. The number of pyridine rings is 1. The Morgan fingerprint density at radius 1 is 0.857 bits per heavy atom. The molecule has 3 rings (SSSR count). The monoisotopic (exact) mass is 389 g/mol. The van der Waals surface area contributed by atoms with Crippen LogP contribution in [0.4, 0.5) is 13.2 Å². The molecule has 1 heterocycles. The van der Waals surface area contributed by atoms with Crippen LogP contribution in [-0.4, -0.2) is 4.98 Å². The highest BCUT2D eigenvalue weighted by atomic mass is 19.1. The lowest BCUT2D eigenvalue weighted by Gasteiger charge is -2.29. The summed E-state index contributed by atoms with van der Waals surface area (Å²) >= 11 is 0. The van der Waals surface area contributed by atoms with Gasteiger partial charge in [-0.2, -0.15) is 13.8 Å². The molecule has 1 aromatic carbocycles. The van der Waals surface area contributed by atoms with E-state index in [9.17, 15) is 13.2 Å². The highest BCUT2D eigenvalue weighted by molar-refractivity contribution is 5.64. The molecule has 2 aromatic rings. The molecular weight excluding hydrogens is 359 g/mol. The van der Waals surface area contributed by atoms with Gasteiger partial charge in [0.2, 0.25) is 11.9 Å². The molecule has 1 fully saturated rings. The topological polar surface area (TPSA) is 12.9 Å². The molecule has 1 aliphatic carbocycles. The maximum atomic E-state index is 14.6. The first-order valence-electron chi connectivity index (χ1n) is 10.7. The number of rotatable bonds is 8. The van der Waals surface area contributed by atoms with Crippen LogP contribution in [-0.2, 0) is 0 Å². The third kappa shape index (κ3) is 5.36. The van der Waals surface area contributed by atoms with Crippen molar-refractivity contribution in [2.24, 2.45) is 5.92 Å². The molecule has 0 amide bonds. The van der Waals surface area contributed by atoms with Gasteiger partial charge in [-0.05, 0) is 61.3 Å². The van der Waals surface area contributed by atoms with Gasteiger partial charge in [-0.3, -0.25) is 0 Å². The van der Waals surface area contributed by atoms with E-state index in [1.165, 1.54) is 63.5 Å². The maximum Gasteiger partial charge on any atom is 0.223 e. The van der Waals surface area contributed by atoms with E-state index in [1.807, 2.05) is 6.07 Å². The number of hydrogen-bond donors (Lipinski definition) is 0. The van der Waals surface area contributed by atoms with Crippen LogP contribution in [0, 0.1) is 23.6 Å². The van der Waals surface area contributed by atoms with Gasteiger partial charge >= 0.3 is 0 Å². The summed E-state index contributed by atoms with van der Waals surface area (Å²) in [7, 11) is 0. The van der Waals surface area contributed by atoms with Gasteiger partial charge in [0.15, 0.2) is 0 Å². The minimum absolute atomic E-state index is 0.00256. The summed E-state index contributed by atoms with van der Waals surface area (Å²) < 4.78 is 41.5. The van der Waals surface area contributed by atoms with Crippen molar-refractivity contribution in [3.63, 3.8) is 0 Å². The van der Waals surface area contributed by atoms with E-state index in [1.54, 1.807) is 6.07 Å². The first-order chi connectivity index (χ1) is 13.6. The number of unbranched alkanes of at least 4 members (excludes halogenated alkanes) is 4. The summed E-state index contributed by atoms with van der Waals surface area (Å²) in [5, 5.41) is 0. The number of halogens is 3. The van der Waals surface area contributed by atoms with Crippen LogP contribution >= 0.6 is 0 Å². The van der Waals surface area contributed by atoms with Gasteiger partial charge in [-0.25, -0.2) is 4.39 Å². The van der Waals surface area contributed by atoms with Crippen molar-refractivity contribution in [2.75, 3.05) is 0 Å². The Labute approximate surface area is 166 Å². The van der Waals surface area contributed by atoms with Crippen molar-refractivity contribution >= 4 is 0 Å². The fraction of sp³-hybridized carbons (Fsp3) is 0.542. The molecule has 152 valence electrons. The SMILES string of the molecule is CCCCCCC[C@H]1CC[C@H](c2ccc(-c3ccc(F)nc3F)c(F)c2)CC1. The van der Waals surface area contributed by atoms with Crippen LogP contribution in [0.3, 0.4) is 0 Å². The third-order valence-corrected chi connectivity index (χ3v) is 6.13. The average molecular weight is 390 g/mol. The van der Waals surface area contributed by atoms with Crippen molar-refractivity contribution in [2.45, 2.75) is 77.0 Å². The van der Waals surface area contributed by atoms with Crippen molar-refractivity contribution in [3.8, 4) is 11.1 Å². The lowest BCUT2D eigenvalue weighted by Crippen LogP contribution is -2.13. The Balaban J connectivity index is 1.56. The second-order valence-corrected chi connectivity index (χ2v) is 8.13. The normalized spacial score (nSPS) is 19.7. The predicted molar refractivity (Wildman–Crippen MR) is 108 cm³/mol. The molecule has 0 radical (unpaired) electrons. The first-order valence-corrected chi connectivity index (χ1v) is 10.7. The van der Waals surface area contributed by atoms with Gasteiger partial charge in [0.25, 0.3) is 0 Å². The zero-order valence-electron chi connectivity index (χ0n) is 16.7. The van der Waals surface area contributed by atoms with Crippen molar-refractivity contribution in [1.29, 1.82) is 0 Å². The number of nitrogens with zero attached hydrogens (tertiary/aromatic N) is 1. The summed E-state index contributed by atoms with van der Waals surface area (Å²) in [6.45, 7) is 2.24. The Morgan fingerprint density at radius 2 is 1.57 bits per heavy atom. The van der Waals surface area contributed by atoms with Gasteiger partial charge in [0.05, 0.1) is 0 Å². The molecule has 28 heavy (non-hydrogen) atoms. The standard InChI is InChI=1S/C24H30F3N/c1-2-3-4-5-6-7-17-8-10-18(11-9-17)19-12-13-20(22(25)16-19)21-14-15-23(26)28-24(21)27/h12-18H,2-11H2,1H3/t17-,18-. The molecule has 0 atom stereocenters. The molecule has 0 aliphatic heterocycles. The molecule has 1 aromatic heterocycles. The van der Waals surface area contributed by atoms with Crippen LogP contribution in [0.5, 0.6) is 0 Å². The van der Waals surface area contributed by atoms with E-state index in [-0.39, 0.29) is 11.1 Å². The number of hydrogen-bond acceptors (Lipinski definition) is 1. The minimum atomic E-state index is -0.980. The molecule has 0 N–H and O–H groups in total. The van der Waals surface area contributed by atoms with Crippen molar-refractivity contribution in [3.05, 3.63) is 53.6 Å². The van der Waals surface area contributed by atoms with E-state index in [4.69, 9.17) is 0 Å². The van der Waals surface area contributed by atoms with E-state index < -0.39 is 17.7 Å². The van der Waals surface area contributed by atoms with Crippen LogP contribution in [0.2, 0.25) is 0 Å². The zero-order chi connectivity index (χ0) is 19.9. The van der Waals surface area contributed by atoms with E-state index in [0.717, 1.165) is 30.4 Å². The first kappa shape index (κ1) is 20.9. The number of benzene rings is 1. The zero-order valence-corrected chi connectivity index (χ0v) is 16.7. The van der Waals surface area contributed by atoms with Gasteiger partial charge in [0, 0.05) is 11.1 Å². The lowest BCUT2D eigenvalue weighted by molar-refractivity contribution is 0.301. The van der Waals surface area contributed by atoms with Gasteiger partial charge in [-0.15, -0.1) is 0 Å². The second kappa shape index (κ2) is 10.1. The van der Waals surface area contributed by atoms with Crippen molar-refractivity contribution in [1.82, 2.24) is 4.98 Å². The van der Waals surface area contributed by atoms with Gasteiger partial charge < -0.3 is 0 Å². The van der Waals surface area contributed by atoms with E-state index in [2.05, 4.69) is 11.9 Å². The molecular formula is C24H30F3N. The van der Waals surface area contributed by atoms with E-state index >= 15 is 0 Å². The highest BCUT2D eigenvalue weighted by Gasteiger charge is 2.23. The predicted octanol–water partition coefficient (Wildman–Crippen LogP) is 7.80. The molecule has 1 nitrogen and oxygen atoms in total. The highest BCUT2D eigenvalue weighted by Crippen LogP contribution is 2.39. The van der Waals surface area contributed by atoms with Crippen LogP contribution in [0.15, 0.2) is 30.3 Å². The van der Waals surface area contributed by atoms with Gasteiger partial charge in [0.1, 0.15) is 5.82 Å². The summed E-state index contributed by atoms with van der Waals surface area (Å²) in [4.78, 5) is 3.15. The Bertz CT molecular complexity index is 766. The molecule has 0 bridgehead atoms. The van der Waals surface area contributed by atoms with Crippen molar-refractivity contribution < 1.29 is 13.2 Å². The van der Waals surface area contributed by atoms with Crippen LogP contribution in [0.25, 0.3) is 11.1 Å². The second-order valence-electron chi connectivity index (χ2n) is 8.13. The largest absolute Gasteiger partial charge is 0.223 e. The van der Waals surface area contributed by atoms with Gasteiger partial charge in [-0.1, -0.05) is 57.6 Å². The fourth-order valence-corrected chi connectivity index (χ4v) is 4.44. The van der Waals surface area contributed by atoms with Crippen LogP contribution in [0.1, 0.15) is 82.6 Å². The minimum Gasteiger partial charge on any atom is -0.206 e. The summed E-state index contributed by atoms with van der Waals surface area (Å²) in [6.07, 6.45) is 12.6. The maximum absolute atomic E-state index is 14.6. The Hall–Kier alpha value is -1.84. The molecule has 0 unspecified atom stereocenters. The number of aromatic nitrogens is 1. The Kier molecular flexibility index (Phi) is 7.52. The smallest absolute Gasteiger partial charge is 0.206 e. The third-order valence-electron chi connectivity index (χ3n) is 6.13. The Morgan fingerprint density at radius 3 is 2.25 bits per heavy atom. The summed E-state index contributed by atoms with van der Waals surface area (Å²) in [5.41, 5.74) is 1.12. The molecule has 1 saturated carbocycles. The van der Waals surface area contributed by atoms with Crippen LogP contribution < -0.4 is 0 Å². The molecule has 0 saturated heterocycles. The summed E-state index contributed by atoms with van der Waals surface area (Å²) in [5.74, 6) is -1.17. The van der Waals surface area contributed by atoms with E-state index in [0.29, 0.717) is 5.92 Å². The quantitative estimate of drug-likeness (QED) is 0.331. The molecule has 0 spiro atoms. The summed E-state index contributed by atoms with van der Waals surface area (Å²) in [6, 6.07) is 7.30. The lowest BCUT2D eigenvalue weighted by atomic mass is 9.77. The molecule has 4 heteroatoms. The fourth-order valence-electron chi connectivity index (χ4n) is 4.44.